The van der Waals surface area contributed by atoms with Gasteiger partial charge in [-0.3, -0.25) is 4.79 Å². The van der Waals surface area contributed by atoms with E-state index in [1.54, 1.807) is 19.1 Å². The molecule has 1 aliphatic rings. The highest BCUT2D eigenvalue weighted by Gasteiger charge is 2.49. The van der Waals surface area contributed by atoms with Crippen molar-refractivity contribution in [3.05, 3.63) is 29.1 Å². The van der Waals surface area contributed by atoms with Crippen molar-refractivity contribution in [1.82, 2.24) is 0 Å². The lowest BCUT2D eigenvalue weighted by molar-refractivity contribution is -0.147. The molecule has 0 amide bonds. The Hall–Kier alpha value is -1.58. The maximum absolute atomic E-state index is 14.2. The molecule has 1 aliphatic carbocycles. The van der Waals surface area contributed by atoms with Crippen molar-refractivity contribution in [2.45, 2.75) is 31.6 Å². The second kappa shape index (κ2) is 4.02. The van der Waals surface area contributed by atoms with Crippen molar-refractivity contribution in [3.8, 4) is 5.75 Å². The van der Waals surface area contributed by atoms with E-state index in [0.717, 1.165) is 6.42 Å². The molecule has 3 nitrogen and oxygen atoms in total. The Bertz CT molecular complexity index is 464. The van der Waals surface area contributed by atoms with Crippen molar-refractivity contribution in [2.24, 2.45) is 0 Å². The molecule has 0 unspecified atom stereocenters. The van der Waals surface area contributed by atoms with Gasteiger partial charge in [-0.15, -0.1) is 0 Å². The van der Waals surface area contributed by atoms with Crippen LogP contribution in [0.4, 0.5) is 4.39 Å². The lowest BCUT2D eigenvalue weighted by atomic mass is 9.64. The Labute approximate surface area is 99.2 Å². The smallest absolute Gasteiger partial charge is 0.314 e. The van der Waals surface area contributed by atoms with Crippen LogP contribution in [0.25, 0.3) is 0 Å². The molecule has 92 valence electrons. The summed E-state index contributed by atoms with van der Waals surface area (Å²) < 4.78 is 19.3. The number of aliphatic carboxylic acids is 1. The normalized spacial score (nSPS) is 17.4. The molecule has 1 N–H and O–H groups in total. The van der Waals surface area contributed by atoms with Gasteiger partial charge in [0.1, 0.15) is 11.6 Å². The van der Waals surface area contributed by atoms with Gasteiger partial charge < -0.3 is 9.84 Å². The molecule has 0 atom stereocenters. The number of carboxylic acid groups (broad SMARTS) is 1. The third kappa shape index (κ3) is 1.59. The number of methoxy groups -OCH3 is 1. The minimum absolute atomic E-state index is 0.207. The summed E-state index contributed by atoms with van der Waals surface area (Å²) in [7, 11) is 1.43. The van der Waals surface area contributed by atoms with Crippen LogP contribution in [-0.2, 0) is 10.2 Å². The van der Waals surface area contributed by atoms with Crippen LogP contribution in [-0.4, -0.2) is 18.2 Å². The summed E-state index contributed by atoms with van der Waals surface area (Å²) in [5.74, 6) is -1.09. The minimum atomic E-state index is -1.10. The Morgan fingerprint density at radius 2 is 2.12 bits per heavy atom. The number of carboxylic acids is 1. The van der Waals surface area contributed by atoms with E-state index in [4.69, 9.17) is 4.74 Å². The molecule has 0 saturated heterocycles. The van der Waals surface area contributed by atoms with Gasteiger partial charge in [0.15, 0.2) is 0 Å². The summed E-state index contributed by atoms with van der Waals surface area (Å²) in [5.41, 5.74) is -0.436. The van der Waals surface area contributed by atoms with Crippen LogP contribution in [0.15, 0.2) is 12.1 Å². The molecule has 1 saturated carbocycles. The van der Waals surface area contributed by atoms with Crippen LogP contribution >= 0.6 is 0 Å². The number of halogens is 1. The van der Waals surface area contributed by atoms with E-state index in [9.17, 15) is 14.3 Å². The number of hydrogen-bond donors (Lipinski definition) is 1. The summed E-state index contributed by atoms with van der Waals surface area (Å²) in [4.78, 5) is 11.4. The fraction of sp³-hybridized carbons (Fsp3) is 0.462. The van der Waals surface area contributed by atoms with Gasteiger partial charge in [0.2, 0.25) is 0 Å². The molecule has 0 heterocycles. The second-order valence-electron chi connectivity index (χ2n) is 4.51. The van der Waals surface area contributed by atoms with Crippen LogP contribution < -0.4 is 4.74 Å². The summed E-state index contributed by atoms with van der Waals surface area (Å²) in [6.07, 6.45) is 1.75. The second-order valence-corrected chi connectivity index (χ2v) is 4.51. The van der Waals surface area contributed by atoms with Gasteiger partial charge in [0, 0.05) is 5.56 Å². The van der Waals surface area contributed by atoms with E-state index in [1.807, 2.05) is 0 Å². The maximum atomic E-state index is 14.2. The van der Waals surface area contributed by atoms with E-state index < -0.39 is 17.2 Å². The van der Waals surface area contributed by atoms with Crippen molar-refractivity contribution in [3.63, 3.8) is 0 Å². The molecule has 17 heavy (non-hydrogen) atoms. The fourth-order valence-electron chi connectivity index (χ4n) is 2.38. The number of rotatable bonds is 3. The largest absolute Gasteiger partial charge is 0.496 e. The third-order valence-electron chi connectivity index (χ3n) is 3.61. The van der Waals surface area contributed by atoms with Gasteiger partial charge in [-0.25, -0.2) is 4.39 Å². The lowest BCUT2D eigenvalue weighted by Gasteiger charge is -2.39. The van der Waals surface area contributed by atoms with Crippen molar-refractivity contribution in [2.75, 3.05) is 7.11 Å². The zero-order chi connectivity index (χ0) is 12.6. The Balaban J connectivity index is 2.64. The lowest BCUT2D eigenvalue weighted by Crippen LogP contribution is -2.43. The van der Waals surface area contributed by atoms with Crippen LogP contribution in [0.2, 0.25) is 0 Å². The summed E-state index contributed by atoms with van der Waals surface area (Å²) in [6.45, 7) is 1.63. The highest BCUT2D eigenvalue weighted by Crippen LogP contribution is 2.48. The Kier molecular flexibility index (Phi) is 2.81. The zero-order valence-electron chi connectivity index (χ0n) is 9.92. The predicted octanol–water partition coefficient (Wildman–Crippen LogP) is 2.65. The minimum Gasteiger partial charge on any atom is -0.496 e. The molecule has 0 bridgehead atoms. The highest BCUT2D eigenvalue weighted by molar-refractivity contribution is 5.84. The molecule has 1 aromatic rings. The van der Waals surface area contributed by atoms with E-state index in [1.165, 1.54) is 7.11 Å². The van der Waals surface area contributed by atoms with Crippen LogP contribution in [0.1, 0.15) is 30.4 Å². The standard InChI is InChI=1S/C13H15FO3/c1-8-4-5-9(17-2)10(11(8)14)13(12(15)16)6-3-7-13/h4-5H,3,6-7H2,1-2H3,(H,15,16). The van der Waals surface area contributed by atoms with Crippen LogP contribution in [0, 0.1) is 12.7 Å². The first-order valence-corrected chi connectivity index (χ1v) is 5.60. The molecule has 0 radical (unpaired) electrons. The van der Waals surface area contributed by atoms with Gasteiger partial charge in [-0.2, -0.15) is 0 Å². The SMILES string of the molecule is COc1ccc(C)c(F)c1C1(C(=O)O)CCC1. The first-order valence-electron chi connectivity index (χ1n) is 5.60. The molecule has 0 aromatic heterocycles. The van der Waals surface area contributed by atoms with Gasteiger partial charge in [0.05, 0.1) is 12.5 Å². The fourth-order valence-corrected chi connectivity index (χ4v) is 2.38. The average molecular weight is 238 g/mol. The van der Waals surface area contributed by atoms with Gasteiger partial charge in [-0.05, 0) is 31.4 Å². The van der Waals surface area contributed by atoms with Crippen LogP contribution in [0.5, 0.6) is 5.75 Å². The van der Waals surface area contributed by atoms with Crippen molar-refractivity contribution >= 4 is 5.97 Å². The monoisotopic (exact) mass is 238 g/mol. The quantitative estimate of drug-likeness (QED) is 0.880. The Morgan fingerprint density at radius 3 is 2.53 bits per heavy atom. The Morgan fingerprint density at radius 1 is 1.47 bits per heavy atom. The summed E-state index contributed by atoms with van der Waals surface area (Å²) in [6, 6.07) is 3.24. The number of carbonyl (C=O) groups is 1. The van der Waals surface area contributed by atoms with Gasteiger partial charge in [0.25, 0.3) is 0 Å². The third-order valence-corrected chi connectivity index (χ3v) is 3.61. The molecule has 0 aliphatic heterocycles. The van der Waals surface area contributed by atoms with Crippen molar-refractivity contribution in [1.29, 1.82) is 0 Å². The topological polar surface area (TPSA) is 46.5 Å². The molecule has 4 heteroatoms. The van der Waals surface area contributed by atoms with Gasteiger partial charge in [-0.1, -0.05) is 12.5 Å². The van der Waals surface area contributed by atoms with E-state index in [-0.39, 0.29) is 5.56 Å². The summed E-state index contributed by atoms with van der Waals surface area (Å²) >= 11 is 0. The number of hydrogen-bond acceptors (Lipinski definition) is 2. The molecular weight excluding hydrogens is 223 g/mol. The molecule has 0 spiro atoms. The number of aryl methyl sites for hydroxylation is 1. The molecule has 2 rings (SSSR count). The molecule has 1 fully saturated rings. The highest BCUT2D eigenvalue weighted by atomic mass is 19.1. The van der Waals surface area contributed by atoms with E-state index in [2.05, 4.69) is 0 Å². The van der Waals surface area contributed by atoms with E-state index >= 15 is 0 Å². The first-order chi connectivity index (χ1) is 8.03. The van der Waals surface area contributed by atoms with E-state index in [0.29, 0.717) is 24.2 Å². The number of benzene rings is 1. The van der Waals surface area contributed by atoms with Crippen molar-refractivity contribution < 1.29 is 19.0 Å². The average Bonchev–Trinajstić information content (AvgIpc) is 2.22. The van der Waals surface area contributed by atoms with Crippen LogP contribution in [0.3, 0.4) is 0 Å². The maximum Gasteiger partial charge on any atom is 0.314 e. The zero-order valence-corrected chi connectivity index (χ0v) is 9.92. The summed E-state index contributed by atoms with van der Waals surface area (Å²) in [5, 5.41) is 9.35. The number of ether oxygens (including phenoxy) is 1. The first kappa shape index (κ1) is 11.9. The molecule has 1 aromatic carbocycles. The predicted molar refractivity (Wildman–Crippen MR) is 60.9 cm³/mol. The van der Waals surface area contributed by atoms with Gasteiger partial charge >= 0.3 is 5.97 Å². The molecular formula is C13H15FO3.